The van der Waals surface area contributed by atoms with Crippen LogP contribution in [-0.4, -0.2) is 13.7 Å². The zero-order valence-electron chi connectivity index (χ0n) is 7.81. The quantitative estimate of drug-likeness (QED) is 0.903. The fourth-order valence-electron chi connectivity index (χ4n) is 1.52. The van der Waals surface area contributed by atoms with Crippen LogP contribution in [0.2, 0.25) is 0 Å². The summed E-state index contributed by atoms with van der Waals surface area (Å²) in [6.07, 6.45) is 1.20. The van der Waals surface area contributed by atoms with E-state index in [4.69, 9.17) is 4.74 Å². The third-order valence-corrected chi connectivity index (χ3v) is 3.78. The molecule has 0 radical (unpaired) electrons. The van der Waals surface area contributed by atoms with E-state index in [1.54, 1.807) is 7.11 Å². The maximum atomic E-state index is 5.26. The summed E-state index contributed by atoms with van der Waals surface area (Å²) in [6.45, 7) is 1.11. The molecule has 4 heteroatoms. The molecule has 0 amide bonds. The molecule has 0 saturated carbocycles. The molecule has 1 aromatic rings. The zero-order valence-corrected chi connectivity index (χ0v) is 11.0. The third-order valence-electron chi connectivity index (χ3n) is 2.47. The summed E-state index contributed by atoms with van der Waals surface area (Å²) in [4.78, 5) is 0. The van der Waals surface area contributed by atoms with Crippen molar-refractivity contribution < 1.29 is 4.74 Å². The molecule has 76 valence electrons. The number of rotatable bonds is 2. The first-order valence-corrected chi connectivity index (χ1v) is 6.07. The van der Waals surface area contributed by atoms with Gasteiger partial charge < -0.3 is 10.1 Å². The first-order chi connectivity index (χ1) is 6.72. The predicted molar refractivity (Wildman–Crippen MR) is 63.8 cm³/mol. The summed E-state index contributed by atoms with van der Waals surface area (Å²) in [6, 6.07) is 4.59. The lowest BCUT2D eigenvalue weighted by Gasteiger charge is -2.29. The Balaban J connectivity index is 2.38. The van der Waals surface area contributed by atoms with E-state index in [0.29, 0.717) is 6.04 Å². The lowest BCUT2D eigenvalue weighted by atomic mass is 9.98. The van der Waals surface area contributed by atoms with Gasteiger partial charge in [0, 0.05) is 10.5 Å². The minimum absolute atomic E-state index is 0.478. The number of benzene rings is 1. The molecule has 2 rings (SSSR count). The largest absolute Gasteiger partial charge is 0.496 e. The number of hydrogen-bond donors (Lipinski definition) is 1. The molecule has 0 spiro atoms. The lowest BCUT2D eigenvalue weighted by Crippen LogP contribution is -2.35. The second kappa shape index (κ2) is 4.21. The fourth-order valence-corrected chi connectivity index (χ4v) is 2.95. The summed E-state index contributed by atoms with van der Waals surface area (Å²) in [5.74, 6) is 0.886. The molecular formula is C10H11Br2NO. The van der Waals surface area contributed by atoms with Gasteiger partial charge >= 0.3 is 0 Å². The monoisotopic (exact) mass is 319 g/mol. The van der Waals surface area contributed by atoms with Crippen molar-refractivity contribution in [2.45, 2.75) is 12.5 Å². The first-order valence-electron chi connectivity index (χ1n) is 4.48. The molecule has 1 aliphatic rings. The Bertz CT molecular complexity index is 350. The van der Waals surface area contributed by atoms with Gasteiger partial charge in [-0.25, -0.2) is 0 Å². The highest BCUT2D eigenvalue weighted by Gasteiger charge is 2.22. The van der Waals surface area contributed by atoms with E-state index in [1.807, 2.05) is 6.07 Å². The van der Waals surface area contributed by atoms with Crippen molar-refractivity contribution >= 4 is 31.9 Å². The van der Waals surface area contributed by atoms with Crippen LogP contribution in [0.1, 0.15) is 18.0 Å². The van der Waals surface area contributed by atoms with Crippen LogP contribution in [0.15, 0.2) is 21.1 Å². The van der Waals surface area contributed by atoms with E-state index in [2.05, 4.69) is 43.2 Å². The Labute approximate surface area is 100 Å². The van der Waals surface area contributed by atoms with Crippen molar-refractivity contribution in [3.05, 3.63) is 26.6 Å². The first kappa shape index (κ1) is 10.5. The van der Waals surface area contributed by atoms with Crippen LogP contribution in [0.25, 0.3) is 0 Å². The molecule has 2 nitrogen and oxygen atoms in total. The van der Waals surface area contributed by atoms with Crippen LogP contribution in [0.3, 0.4) is 0 Å². The highest BCUT2D eigenvalue weighted by molar-refractivity contribution is 9.11. The van der Waals surface area contributed by atoms with Crippen LogP contribution >= 0.6 is 31.9 Å². The lowest BCUT2D eigenvalue weighted by molar-refractivity contribution is 0.376. The van der Waals surface area contributed by atoms with Crippen LogP contribution < -0.4 is 10.1 Å². The summed E-state index contributed by atoms with van der Waals surface area (Å²) in [5, 5.41) is 3.37. The predicted octanol–water partition coefficient (Wildman–Crippen LogP) is 3.25. The van der Waals surface area contributed by atoms with Crippen LogP contribution in [-0.2, 0) is 0 Å². The Morgan fingerprint density at radius 1 is 1.36 bits per heavy atom. The van der Waals surface area contributed by atoms with Gasteiger partial charge in [-0.1, -0.05) is 15.9 Å². The molecule has 1 saturated heterocycles. The maximum absolute atomic E-state index is 5.26. The van der Waals surface area contributed by atoms with Crippen molar-refractivity contribution in [1.29, 1.82) is 0 Å². The molecule has 1 atom stereocenters. The van der Waals surface area contributed by atoms with Gasteiger partial charge in [-0.15, -0.1) is 0 Å². The van der Waals surface area contributed by atoms with Gasteiger partial charge in [-0.3, -0.25) is 0 Å². The molecular weight excluding hydrogens is 310 g/mol. The minimum Gasteiger partial charge on any atom is -0.496 e. The van der Waals surface area contributed by atoms with Crippen LogP contribution in [0.4, 0.5) is 0 Å². The van der Waals surface area contributed by atoms with E-state index < -0.39 is 0 Å². The second-order valence-corrected chi connectivity index (χ2v) is 5.01. The van der Waals surface area contributed by atoms with E-state index in [9.17, 15) is 0 Å². The molecule has 0 aromatic heterocycles. The average Bonchev–Trinajstić information content (AvgIpc) is 2.06. The van der Waals surface area contributed by atoms with E-state index in [1.165, 1.54) is 12.0 Å². The molecule has 1 unspecified atom stereocenters. The molecule has 1 fully saturated rings. The number of halogens is 2. The van der Waals surface area contributed by atoms with Crippen molar-refractivity contribution in [3.63, 3.8) is 0 Å². The normalized spacial score (nSPS) is 20.4. The number of hydrogen-bond acceptors (Lipinski definition) is 2. The van der Waals surface area contributed by atoms with E-state index >= 15 is 0 Å². The van der Waals surface area contributed by atoms with Gasteiger partial charge in [-0.2, -0.15) is 0 Å². The average molecular weight is 321 g/mol. The Hall–Kier alpha value is -0.0600. The van der Waals surface area contributed by atoms with E-state index in [0.717, 1.165) is 21.2 Å². The third kappa shape index (κ3) is 1.83. The van der Waals surface area contributed by atoms with Gasteiger partial charge in [0.2, 0.25) is 0 Å². The smallest absolute Gasteiger partial charge is 0.133 e. The standard InChI is InChI=1S/C10H11Br2NO/c1-14-10-4-6(9-2-3-13-9)7(11)5-8(10)12/h4-5,9,13H,2-3H2,1H3. The van der Waals surface area contributed by atoms with Gasteiger partial charge in [0.05, 0.1) is 11.6 Å². The van der Waals surface area contributed by atoms with Gasteiger partial charge in [-0.05, 0) is 46.6 Å². The topological polar surface area (TPSA) is 21.3 Å². The van der Waals surface area contributed by atoms with E-state index in [-0.39, 0.29) is 0 Å². The Morgan fingerprint density at radius 3 is 2.57 bits per heavy atom. The SMILES string of the molecule is COc1cc(C2CCN2)c(Br)cc1Br. The summed E-state index contributed by atoms with van der Waals surface area (Å²) < 4.78 is 7.37. The number of ether oxygens (including phenoxy) is 1. The van der Waals surface area contributed by atoms with Crippen molar-refractivity contribution in [2.24, 2.45) is 0 Å². The highest BCUT2D eigenvalue weighted by atomic mass is 79.9. The van der Waals surface area contributed by atoms with Gasteiger partial charge in [0.15, 0.2) is 0 Å². The van der Waals surface area contributed by atoms with Gasteiger partial charge in [0.25, 0.3) is 0 Å². The van der Waals surface area contributed by atoms with Crippen molar-refractivity contribution in [3.8, 4) is 5.75 Å². The summed E-state index contributed by atoms with van der Waals surface area (Å²) in [5.41, 5.74) is 1.27. The maximum Gasteiger partial charge on any atom is 0.133 e. The zero-order chi connectivity index (χ0) is 10.1. The van der Waals surface area contributed by atoms with Crippen molar-refractivity contribution in [2.75, 3.05) is 13.7 Å². The van der Waals surface area contributed by atoms with Crippen LogP contribution in [0, 0.1) is 0 Å². The minimum atomic E-state index is 0.478. The van der Waals surface area contributed by atoms with Crippen LogP contribution in [0.5, 0.6) is 5.75 Å². The van der Waals surface area contributed by atoms with Crippen molar-refractivity contribution in [1.82, 2.24) is 5.32 Å². The second-order valence-electron chi connectivity index (χ2n) is 3.30. The Kier molecular flexibility index (Phi) is 3.14. The Morgan fingerprint density at radius 2 is 2.07 bits per heavy atom. The van der Waals surface area contributed by atoms with Gasteiger partial charge in [0.1, 0.15) is 5.75 Å². The molecule has 0 aliphatic carbocycles. The molecule has 1 N–H and O–H groups in total. The molecule has 1 aromatic carbocycles. The number of methoxy groups -OCH3 is 1. The summed E-state index contributed by atoms with van der Waals surface area (Å²) in [7, 11) is 1.69. The number of nitrogens with one attached hydrogen (secondary N) is 1. The molecule has 14 heavy (non-hydrogen) atoms. The molecule has 1 heterocycles. The summed E-state index contributed by atoms with van der Waals surface area (Å²) >= 11 is 7.02. The fraction of sp³-hybridized carbons (Fsp3) is 0.400. The molecule has 1 aliphatic heterocycles. The highest BCUT2D eigenvalue weighted by Crippen LogP contribution is 2.36. The molecule has 0 bridgehead atoms.